The Morgan fingerprint density at radius 1 is 0.167 bits per heavy atom. The van der Waals surface area contributed by atoms with Gasteiger partial charge in [-0.2, -0.15) is 0 Å². The van der Waals surface area contributed by atoms with Gasteiger partial charge in [0.2, 0.25) is 0 Å². The summed E-state index contributed by atoms with van der Waals surface area (Å²) in [6, 6.07) is 44.8. The summed E-state index contributed by atoms with van der Waals surface area (Å²) in [4.78, 5) is 181. The minimum Gasteiger partial charge on any atom is -0.268 e. The lowest BCUT2D eigenvalue weighted by atomic mass is 9.81. The van der Waals surface area contributed by atoms with Gasteiger partial charge < -0.3 is 0 Å². The molecule has 0 aromatic heterocycles. The van der Waals surface area contributed by atoms with Crippen LogP contribution in [0, 0.1) is 23.3 Å². The molecule has 18 nitrogen and oxygen atoms in total. The van der Waals surface area contributed by atoms with Crippen molar-refractivity contribution in [2.24, 2.45) is 0 Å². The molecule has 0 atom stereocenters. The van der Waals surface area contributed by atoms with Gasteiger partial charge in [-0.25, -0.2) is 47.0 Å². The predicted octanol–water partition coefficient (Wildman–Crippen LogP) is 33.3. The third-order valence-corrected chi connectivity index (χ3v) is 32.8. The average Bonchev–Trinajstić information content (AvgIpc) is 0.690. The maximum absolute atomic E-state index is 16.3. The van der Waals surface area contributed by atoms with Crippen LogP contribution in [-0.2, 0) is 0 Å². The smallest absolute Gasteiger partial charge is 0.268 e. The SMILES string of the molecule is CC(C)c1cccc(C(C)C)c1N1C(=O)c2cc(Br)c3c4c(Br)cc5c6c(cc(Br)c(c7c(Br)cc(c2c37)C1=O)c64)C(=O)N(c1c(C(C)C)cccc1C(C)C)C5=O.CC(C)c1cccc(C(C)C)c1N1C(=O)c2cc(F)c3c4c(c(F)cc(c24)C1=O)C(=O)N(c1c(C(C)C)cccc1C(C)C)C3=O.CC(C)c1cccc(C(C)C)c1N1C(=O)c2cc(F)c3c4c(cc(F)c(c24)C1=O)C(=O)N(c1c(C(C)C)cccc1C(C)C)C3=O. The predicted molar refractivity (Wildman–Crippen MR) is 601 cm³/mol. The van der Waals surface area contributed by atoms with Crippen molar-refractivity contribution < 1.29 is 75.1 Å². The molecule has 0 radical (unpaired) electrons. The van der Waals surface area contributed by atoms with E-state index in [2.05, 4.69) is 119 Å². The van der Waals surface area contributed by atoms with E-state index in [0.717, 1.165) is 110 Å². The molecule has 764 valence electrons. The summed E-state index contributed by atoms with van der Waals surface area (Å²) in [5.74, 6) is -13.4. The van der Waals surface area contributed by atoms with Crippen LogP contribution in [0.5, 0.6) is 0 Å². The minimum atomic E-state index is -1.07. The second-order valence-electron chi connectivity index (χ2n) is 43.5. The van der Waals surface area contributed by atoms with Crippen molar-refractivity contribution in [3.05, 3.63) is 332 Å². The Morgan fingerprint density at radius 2 is 0.293 bits per heavy atom. The zero-order valence-electron chi connectivity index (χ0n) is 87.5. The Labute approximate surface area is 900 Å². The first-order valence-corrected chi connectivity index (χ1v) is 54.1. The highest BCUT2D eigenvalue weighted by Crippen LogP contribution is 2.58. The number of anilines is 6. The summed E-state index contributed by atoms with van der Waals surface area (Å²) in [5.41, 5.74) is 10.6. The molecule has 26 heteroatoms. The molecule has 0 aliphatic carbocycles. The Bertz CT molecular complexity index is 7950. The molecule has 0 fully saturated rings. The molecule has 0 spiro atoms. The van der Waals surface area contributed by atoms with Gasteiger partial charge in [-0.3, -0.25) is 57.5 Å². The summed E-state index contributed by atoms with van der Waals surface area (Å²) in [5, 5.41) is 4.80. The molecular formula is C124H110Br4F4N6O12. The van der Waals surface area contributed by atoms with Crippen LogP contribution < -0.4 is 29.4 Å². The third kappa shape index (κ3) is 15.7. The molecular weight excluding hydrogens is 2160 g/mol. The topological polar surface area (TPSA) is 224 Å². The normalized spacial score (nSPS) is 14.7. The number of nitrogens with zero attached hydrogens (tertiary/aromatic N) is 6. The van der Waals surface area contributed by atoms with Crippen LogP contribution in [-0.4, -0.2) is 70.9 Å². The van der Waals surface area contributed by atoms with Crippen LogP contribution in [0.1, 0.15) is 428 Å². The van der Waals surface area contributed by atoms with E-state index in [-0.39, 0.29) is 138 Å². The molecule has 21 rings (SSSR count). The van der Waals surface area contributed by atoms with Crippen LogP contribution in [0.2, 0.25) is 0 Å². The Balaban J connectivity index is 0.000000143. The van der Waals surface area contributed by atoms with Gasteiger partial charge in [-0.15, -0.1) is 0 Å². The maximum Gasteiger partial charge on any atom is 0.268 e. The van der Waals surface area contributed by atoms with Crippen molar-refractivity contribution in [2.75, 3.05) is 29.4 Å². The second kappa shape index (κ2) is 38.5. The lowest BCUT2D eigenvalue weighted by molar-refractivity contribution is 0.0867. The highest BCUT2D eigenvalue weighted by atomic mass is 79.9. The van der Waals surface area contributed by atoms with Gasteiger partial charge in [0.25, 0.3) is 70.9 Å². The van der Waals surface area contributed by atoms with Crippen LogP contribution in [0.3, 0.4) is 0 Å². The summed E-state index contributed by atoms with van der Waals surface area (Å²) in [6.45, 7) is 47.4. The fourth-order valence-corrected chi connectivity index (χ4v) is 25.7. The molecule has 0 saturated carbocycles. The molecule has 0 N–H and O–H groups in total. The van der Waals surface area contributed by atoms with E-state index in [1.165, 1.54) is 9.80 Å². The van der Waals surface area contributed by atoms with Crippen LogP contribution in [0.25, 0.3) is 64.6 Å². The summed E-state index contributed by atoms with van der Waals surface area (Å²) in [6.07, 6.45) is 0. The first-order valence-electron chi connectivity index (χ1n) is 50.9. The second-order valence-corrected chi connectivity index (χ2v) is 46.9. The monoisotopic (exact) mass is 2270 g/mol. The van der Waals surface area contributed by atoms with Crippen molar-refractivity contribution in [3.63, 3.8) is 0 Å². The number of para-hydroxylation sites is 6. The molecule has 12 amide bonds. The van der Waals surface area contributed by atoms with Crippen LogP contribution >= 0.6 is 63.7 Å². The summed E-state index contributed by atoms with van der Waals surface area (Å²) >= 11 is 15.6. The van der Waals surface area contributed by atoms with Crippen molar-refractivity contribution in [3.8, 4) is 0 Å². The molecule has 0 saturated heterocycles. The van der Waals surface area contributed by atoms with Gasteiger partial charge >= 0.3 is 0 Å². The zero-order valence-corrected chi connectivity index (χ0v) is 93.9. The molecule has 0 bridgehead atoms. The number of carbonyl (C=O) groups excluding carboxylic acids is 12. The summed E-state index contributed by atoms with van der Waals surface area (Å²) < 4.78 is 67.9. The quantitative estimate of drug-likeness (QED) is 0.0338. The van der Waals surface area contributed by atoms with Gasteiger partial charge in [0.15, 0.2) is 0 Å². The van der Waals surface area contributed by atoms with Gasteiger partial charge in [0, 0.05) is 82.5 Å². The van der Waals surface area contributed by atoms with Gasteiger partial charge in [-0.05, 0) is 186 Å². The number of amides is 12. The number of imide groups is 6. The fourth-order valence-electron chi connectivity index (χ4n) is 23.2. The standard InChI is InChI=1S/C48H38Br4N2O4.2C38H36F2N2O4/c1-19(2)23-11-9-12-24(20(3)4)43(23)53-45(55)27-15-31(49)37-39-33(51)17-29-36-30(48(58)54(47(29)57)44-25(21(5)6)13-10-14-26(44)22(7)8)18-34(52)40(42(36)39)38-32(50)16-28(46(53)56)35(27)41(37)38;1-17(2)21-11-9-12-22(18(3)4)33(21)41-35(43)25-15-28(40)32-30-26(16-27(39)31(29(25)30)37(41)45)36(44)42(38(32)46)34-23(19(5)6)13-10-14-24(34)20(7)8;1-17(2)21-11-9-12-22(18(3)4)33(21)41-35(43)25-15-27(39)30-32-29(25)26(36(41)44)16-28(40)31(32)38(46)42(37(30)45)34-23(19(5)6)13-10-14-24(34)20(7)8/h9-22H,1-8H3;2*9-20H,1-8H3. The lowest BCUT2D eigenvalue weighted by Gasteiger charge is -2.35. The largest absolute Gasteiger partial charge is 0.268 e. The molecule has 0 unspecified atom stereocenters. The van der Waals surface area contributed by atoms with E-state index in [0.29, 0.717) is 118 Å². The van der Waals surface area contributed by atoms with E-state index in [1.807, 2.05) is 232 Å². The number of hydrogen-bond donors (Lipinski definition) is 0. The van der Waals surface area contributed by atoms with Crippen LogP contribution in [0.4, 0.5) is 51.7 Å². The molecule has 6 heterocycles. The van der Waals surface area contributed by atoms with E-state index in [9.17, 15) is 57.5 Å². The van der Waals surface area contributed by atoms with E-state index < -0.39 is 92.8 Å². The van der Waals surface area contributed by atoms with Crippen molar-refractivity contribution in [2.45, 2.75) is 237 Å². The fraction of sp³-hybridized carbons (Fsp3) is 0.290. The summed E-state index contributed by atoms with van der Waals surface area (Å²) in [7, 11) is 0. The van der Waals surface area contributed by atoms with Gasteiger partial charge in [0.05, 0.1) is 101 Å². The Kier molecular flexibility index (Phi) is 27.0. The maximum atomic E-state index is 16.3. The third-order valence-electron chi connectivity index (χ3n) is 30.3. The van der Waals surface area contributed by atoms with E-state index in [4.69, 9.17) is 0 Å². The Morgan fingerprint density at radius 3 is 0.453 bits per heavy atom. The minimum absolute atomic E-state index is 0.0610. The van der Waals surface area contributed by atoms with Crippen LogP contribution in [0.15, 0.2) is 176 Å². The van der Waals surface area contributed by atoms with Crippen molar-refractivity contribution in [1.29, 1.82) is 0 Å². The first kappa shape index (κ1) is 105. The number of hydrogen-bond acceptors (Lipinski definition) is 12. The molecule has 6 aliphatic heterocycles. The number of halogens is 8. The highest BCUT2D eigenvalue weighted by molar-refractivity contribution is 9.11. The molecule has 6 aliphatic rings. The molecule has 15 aromatic carbocycles. The Hall–Kier alpha value is -13.4. The lowest BCUT2D eigenvalue weighted by Crippen LogP contribution is -2.45. The molecule has 15 aromatic rings. The van der Waals surface area contributed by atoms with E-state index in [1.54, 1.807) is 12.1 Å². The number of rotatable bonds is 18. The van der Waals surface area contributed by atoms with Gasteiger partial charge in [-0.1, -0.05) is 339 Å². The van der Waals surface area contributed by atoms with Crippen molar-refractivity contribution >= 4 is 233 Å². The molecule has 150 heavy (non-hydrogen) atoms. The zero-order chi connectivity index (χ0) is 109. The van der Waals surface area contributed by atoms with E-state index >= 15 is 17.6 Å². The average molecular weight is 2270 g/mol. The highest BCUT2D eigenvalue weighted by Gasteiger charge is 2.52. The van der Waals surface area contributed by atoms with Gasteiger partial charge in [0.1, 0.15) is 23.3 Å². The number of benzene rings is 15. The number of fused-ring (bicyclic) bond motifs is 2. The number of carbonyl (C=O) groups is 12. The first-order chi connectivity index (χ1) is 70.8. The van der Waals surface area contributed by atoms with Crippen molar-refractivity contribution in [1.82, 2.24) is 0 Å².